The molecule has 4 N–H and O–H groups in total. The molecule has 1 aliphatic rings. The second-order valence-electron chi connectivity index (χ2n) is 3.15. The highest BCUT2D eigenvalue weighted by Gasteiger charge is 2.24. The number of carbonyl (C=O) groups excluding carboxylic acids is 1. The maximum Gasteiger partial charge on any atom is 0.322 e. The number of nitrogens with zero attached hydrogens (tertiary/aromatic N) is 1. The van der Waals surface area contributed by atoms with Crippen molar-refractivity contribution >= 4 is 11.9 Å². The molecule has 0 aromatic rings. The molecule has 1 rings (SSSR count). The molecule has 15 heavy (non-hydrogen) atoms. The third-order valence-electron chi connectivity index (χ3n) is 2.00. The average molecular weight is 215 g/mol. The first-order valence-corrected chi connectivity index (χ1v) is 4.54. The van der Waals surface area contributed by atoms with Crippen LogP contribution in [0, 0.1) is 0 Å². The van der Waals surface area contributed by atoms with Crippen LogP contribution in [0.2, 0.25) is 0 Å². The highest BCUT2D eigenvalue weighted by Crippen LogP contribution is 1.98. The molecule has 0 saturated carbocycles. The number of carboxylic acid groups (broad SMARTS) is 1. The Bertz CT molecular complexity index is 243. The van der Waals surface area contributed by atoms with Gasteiger partial charge in [0.15, 0.2) is 0 Å². The van der Waals surface area contributed by atoms with Gasteiger partial charge in [0, 0.05) is 19.6 Å². The van der Waals surface area contributed by atoms with Gasteiger partial charge in [-0.15, -0.1) is 0 Å². The molecule has 0 spiro atoms. The second-order valence-corrected chi connectivity index (χ2v) is 3.15. The number of primary amides is 1. The fourth-order valence-electron chi connectivity index (χ4n) is 1.08. The minimum Gasteiger partial charge on any atom is -0.480 e. The lowest BCUT2D eigenvalue weighted by Crippen LogP contribution is -2.52. The van der Waals surface area contributed by atoms with Gasteiger partial charge in [0.2, 0.25) is 5.91 Å². The number of piperazine rings is 1. The number of rotatable bonds is 2. The van der Waals surface area contributed by atoms with Gasteiger partial charge >= 0.3 is 5.97 Å². The van der Waals surface area contributed by atoms with Crippen molar-refractivity contribution in [2.75, 3.05) is 26.7 Å². The van der Waals surface area contributed by atoms with E-state index in [1.54, 1.807) is 0 Å². The van der Waals surface area contributed by atoms with Crippen LogP contribution in [0.4, 0.5) is 0 Å². The highest BCUT2D eigenvalue weighted by molar-refractivity contribution is 5.84. The molecule has 1 amide bonds. The van der Waals surface area contributed by atoms with E-state index in [1.807, 2.05) is 11.9 Å². The van der Waals surface area contributed by atoms with Gasteiger partial charge in [-0.2, -0.15) is 0 Å². The normalized spacial score (nSPS) is 21.0. The zero-order chi connectivity index (χ0) is 11.8. The highest BCUT2D eigenvalue weighted by atomic mass is 16.4. The van der Waals surface area contributed by atoms with Crippen molar-refractivity contribution in [1.29, 1.82) is 0 Å². The molecular formula is C9H17N3O3. The summed E-state index contributed by atoms with van der Waals surface area (Å²) < 4.78 is 0. The molecule has 6 heteroatoms. The van der Waals surface area contributed by atoms with E-state index >= 15 is 0 Å². The summed E-state index contributed by atoms with van der Waals surface area (Å²) in [6, 6.07) is -0.339. The van der Waals surface area contributed by atoms with Gasteiger partial charge in [-0.05, 0) is 13.1 Å². The lowest BCUT2D eigenvalue weighted by molar-refractivity contribution is -0.143. The number of aliphatic carboxylic acids is 1. The van der Waals surface area contributed by atoms with E-state index in [0.29, 0.717) is 6.54 Å². The summed E-state index contributed by atoms with van der Waals surface area (Å²) in [4.78, 5) is 21.8. The van der Waals surface area contributed by atoms with Crippen LogP contribution in [-0.2, 0) is 9.59 Å². The molecule has 1 saturated heterocycles. The first-order valence-electron chi connectivity index (χ1n) is 4.54. The fourth-order valence-corrected chi connectivity index (χ4v) is 1.08. The number of amides is 1. The Balaban J connectivity index is 0.000000336. The number of likely N-dealkylation sites (N-methyl/N-ethyl adjacent to an activating group) is 1. The number of hydrogen-bond donors (Lipinski definition) is 3. The molecule has 6 nitrogen and oxygen atoms in total. The third-order valence-corrected chi connectivity index (χ3v) is 2.00. The molecule has 86 valence electrons. The number of carbonyl (C=O) groups is 2. The first-order chi connectivity index (χ1) is 6.99. The summed E-state index contributed by atoms with van der Waals surface area (Å²) in [7, 11) is 1.83. The van der Waals surface area contributed by atoms with E-state index in [0.717, 1.165) is 19.2 Å². The van der Waals surface area contributed by atoms with Crippen LogP contribution in [0.15, 0.2) is 12.7 Å². The fraction of sp³-hybridized carbons (Fsp3) is 0.556. The minimum absolute atomic E-state index is 0.339. The number of nitrogens with two attached hydrogens (primary N) is 1. The molecule has 1 atom stereocenters. The maximum absolute atomic E-state index is 10.5. The Morgan fingerprint density at radius 2 is 2.20 bits per heavy atom. The Morgan fingerprint density at radius 3 is 2.47 bits per heavy atom. The van der Waals surface area contributed by atoms with Gasteiger partial charge in [-0.3, -0.25) is 14.5 Å². The van der Waals surface area contributed by atoms with Gasteiger partial charge in [0.1, 0.15) is 6.04 Å². The summed E-state index contributed by atoms with van der Waals surface area (Å²) >= 11 is 0. The maximum atomic E-state index is 10.5. The van der Waals surface area contributed by atoms with Crippen molar-refractivity contribution in [3.8, 4) is 0 Å². The van der Waals surface area contributed by atoms with Gasteiger partial charge in [-0.25, -0.2) is 0 Å². The minimum atomic E-state index is -0.741. The van der Waals surface area contributed by atoms with Crippen LogP contribution >= 0.6 is 0 Å². The van der Waals surface area contributed by atoms with Gasteiger partial charge in [0.25, 0.3) is 0 Å². The van der Waals surface area contributed by atoms with Gasteiger partial charge in [0.05, 0.1) is 0 Å². The van der Waals surface area contributed by atoms with E-state index in [1.165, 1.54) is 0 Å². The van der Waals surface area contributed by atoms with Crippen LogP contribution in [0.25, 0.3) is 0 Å². The van der Waals surface area contributed by atoms with Crippen LogP contribution < -0.4 is 11.1 Å². The Morgan fingerprint density at radius 1 is 1.67 bits per heavy atom. The van der Waals surface area contributed by atoms with Crippen LogP contribution in [0.5, 0.6) is 0 Å². The van der Waals surface area contributed by atoms with Crippen molar-refractivity contribution in [1.82, 2.24) is 10.2 Å². The molecule has 1 heterocycles. The molecule has 0 radical (unpaired) electrons. The summed E-state index contributed by atoms with van der Waals surface area (Å²) in [6.45, 7) is 5.35. The Hall–Kier alpha value is -1.40. The predicted octanol–water partition coefficient (Wildman–Crippen LogP) is -1.37. The van der Waals surface area contributed by atoms with Gasteiger partial charge < -0.3 is 16.2 Å². The summed E-state index contributed by atoms with van der Waals surface area (Å²) in [5, 5.41) is 11.7. The Kier molecular flexibility index (Phi) is 6.32. The standard InChI is InChI=1S/C6H12N2O2.C3H5NO/c1-8-3-2-7-4-5(8)6(9)10;1-2-3(4)5/h5,7H,2-4H2,1H3,(H,9,10);2H,1H2,(H2,4,5). The second kappa shape index (κ2) is 6.97. The summed E-state index contributed by atoms with van der Waals surface area (Å²) in [5.74, 6) is -1.22. The molecule has 1 aliphatic heterocycles. The van der Waals surface area contributed by atoms with E-state index in [2.05, 4.69) is 17.6 Å². The lowest BCUT2D eigenvalue weighted by atomic mass is 10.2. The molecule has 1 fully saturated rings. The van der Waals surface area contributed by atoms with Crippen LogP contribution in [0.3, 0.4) is 0 Å². The molecule has 0 aromatic carbocycles. The SMILES string of the molecule is C=CC(N)=O.CN1CCNCC1C(=O)O. The number of nitrogens with one attached hydrogen (secondary N) is 1. The zero-order valence-electron chi connectivity index (χ0n) is 8.77. The topological polar surface area (TPSA) is 95.7 Å². The van der Waals surface area contributed by atoms with Crippen molar-refractivity contribution in [3.63, 3.8) is 0 Å². The molecular weight excluding hydrogens is 198 g/mol. The summed E-state index contributed by atoms with van der Waals surface area (Å²) in [6.07, 6.45) is 1.06. The third kappa shape index (κ3) is 5.82. The number of carboxylic acids is 1. The van der Waals surface area contributed by atoms with Crippen LogP contribution in [-0.4, -0.2) is 54.6 Å². The van der Waals surface area contributed by atoms with Crippen molar-refractivity contribution in [2.24, 2.45) is 5.73 Å². The van der Waals surface area contributed by atoms with Gasteiger partial charge in [-0.1, -0.05) is 6.58 Å². The summed E-state index contributed by atoms with van der Waals surface area (Å²) in [5.41, 5.74) is 4.53. The largest absolute Gasteiger partial charge is 0.480 e. The van der Waals surface area contributed by atoms with E-state index in [-0.39, 0.29) is 6.04 Å². The van der Waals surface area contributed by atoms with Crippen molar-refractivity contribution < 1.29 is 14.7 Å². The van der Waals surface area contributed by atoms with E-state index < -0.39 is 11.9 Å². The zero-order valence-corrected chi connectivity index (χ0v) is 8.77. The van der Waals surface area contributed by atoms with Crippen molar-refractivity contribution in [3.05, 3.63) is 12.7 Å². The Labute approximate surface area is 88.7 Å². The molecule has 0 bridgehead atoms. The quantitative estimate of drug-likeness (QED) is 0.494. The number of hydrogen-bond acceptors (Lipinski definition) is 4. The van der Waals surface area contributed by atoms with E-state index in [4.69, 9.17) is 5.11 Å². The average Bonchev–Trinajstić information content (AvgIpc) is 2.19. The first kappa shape index (κ1) is 13.6. The molecule has 0 aliphatic carbocycles. The molecule has 1 unspecified atom stereocenters. The van der Waals surface area contributed by atoms with Crippen LogP contribution in [0.1, 0.15) is 0 Å². The lowest BCUT2D eigenvalue weighted by Gasteiger charge is -2.29. The smallest absolute Gasteiger partial charge is 0.322 e. The van der Waals surface area contributed by atoms with E-state index in [9.17, 15) is 9.59 Å². The predicted molar refractivity (Wildman–Crippen MR) is 56.3 cm³/mol. The van der Waals surface area contributed by atoms with Crippen molar-refractivity contribution in [2.45, 2.75) is 6.04 Å². The monoisotopic (exact) mass is 215 g/mol. The molecule has 0 aromatic heterocycles.